The Morgan fingerprint density at radius 3 is 2.55 bits per heavy atom. The average molecular weight is 460 g/mol. The number of guanidine groups is 1. The summed E-state index contributed by atoms with van der Waals surface area (Å²) in [5.41, 5.74) is 13.1. The van der Waals surface area contributed by atoms with Crippen molar-refractivity contribution in [3.05, 3.63) is 72.6 Å². The molecule has 0 fully saturated rings. The third-order valence-corrected chi connectivity index (χ3v) is 3.79. The van der Waals surface area contributed by atoms with Gasteiger partial charge in [0.25, 0.3) is 5.89 Å². The zero-order valence-corrected chi connectivity index (χ0v) is 17.1. The number of nitrogens with one attached hydrogen (secondary N) is 1. The topological polar surface area (TPSA) is 150 Å². The maximum atomic E-state index is 12.1. The van der Waals surface area contributed by atoms with E-state index < -0.39 is 12.8 Å². The van der Waals surface area contributed by atoms with Crippen LogP contribution in [-0.4, -0.2) is 39.7 Å². The zero-order valence-electron chi connectivity index (χ0n) is 17.1. The minimum atomic E-state index is -4.40. The molecule has 0 atom stereocenters. The Balaban J connectivity index is 1.61. The van der Waals surface area contributed by atoms with E-state index in [4.69, 9.17) is 16.0 Å². The van der Waals surface area contributed by atoms with Crippen molar-refractivity contribution in [3.8, 4) is 11.5 Å². The van der Waals surface area contributed by atoms with Gasteiger partial charge in [-0.2, -0.15) is 28.1 Å². The molecule has 0 unspecified atom stereocenters. The number of alkyl halides is 3. The molecule has 13 heteroatoms. The number of anilines is 1. The van der Waals surface area contributed by atoms with E-state index in [1.807, 2.05) is 30.3 Å². The lowest BCUT2D eigenvalue weighted by Gasteiger charge is -2.07. The molecule has 2 aromatic heterocycles. The summed E-state index contributed by atoms with van der Waals surface area (Å²) >= 11 is 0. The second kappa shape index (κ2) is 10.4. The molecule has 0 saturated carbocycles. The van der Waals surface area contributed by atoms with E-state index in [9.17, 15) is 13.2 Å². The molecule has 0 bridgehead atoms. The Morgan fingerprint density at radius 2 is 1.88 bits per heavy atom. The van der Waals surface area contributed by atoms with Gasteiger partial charge < -0.3 is 26.0 Å². The second-order valence-corrected chi connectivity index (χ2v) is 6.47. The fraction of sp³-hybridized carbons (Fsp3) is 0.150. The maximum Gasteiger partial charge on any atom is 0.411 e. The summed E-state index contributed by atoms with van der Waals surface area (Å²) < 4.78 is 46.1. The van der Waals surface area contributed by atoms with Crippen molar-refractivity contribution in [2.75, 3.05) is 11.9 Å². The van der Waals surface area contributed by atoms with Gasteiger partial charge >= 0.3 is 6.18 Å². The van der Waals surface area contributed by atoms with E-state index in [-0.39, 0.29) is 35.9 Å². The molecule has 5 N–H and O–H groups in total. The number of hydrogen-bond acceptors (Lipinski definition) is 7. The van der Waals surface area contributed by atoms with E-state index in [0.29, 0.717) is 11.3 Å². The Kier molecular flexibility index (Phi) is 7.35. The highest BCUT2D eigenvalue weighted by molar-refractivity contribution is 6.02. The van der Waals surface area contributed by atoms with Crippen LogP contribution in [0.1, 0.15) is 11.5 Å². The summed E-state index contributed by atoms with van der Waals surface area (Å²) in [5, 5.41) is 6.67. The molecule has 3 rings (SSSR count). The predicted molar refractivity (Wildman–Crippen MR) is 115 cm³/mol. The number of para-hydroxylation sites is 1. The number of nitrogens with zero attached hydrogens (tertiary/aromatic N) is 5. The van der Waals surface area contributed by atoms with Crippen molar-refractivity contribution in [3.63, 3.8) is 0 Å². The highest BCUT2D eigenvalue weighted by Gasteiger charge is 2.27. The van der Waals surface area contributed by atoms with Crippen molar-refractivity contribution >= 4 is 17.5 Å². The minimum absolute atomic E-state index is 0.0395. The highest BCUT2D eigenvalue weighted by Crippen LogP contribution is 2.18. The smallest absolute Gasteiger partial charge is 0.380 e. The van der Waals surface area contributed by atoms with Gasteiger partial charge in [0.2, 0.25) is 11.8 Å². The van der Waals surface area contributed by atoms with Crippen LogP contribution in [0.25, 0.3) is 11.5 Å². The molecule has 33 heavy (non-hydrogen) atoms. The van der Waals surface area contributed by atoms with Gasteiger partial charge in [-0.3, -0.25) is 4.98 Å². The summed E-state index contributed by atoms with van der Waals surface area (Å²) in [6.07, 6.45) is -3.05. The van der Waals surface area contributed by atoms with Crippen LogP contribution in [0.5, 0.6) is 0 Å². The number of nitrogens with two attached hydrogens (primary N) is 2. The summed E-state index contributed by atoms with van der Waals surface area (Å²) in [7, 11) is 0. The van der Waals surface area contributed by atoms with Gasteiger partial charge in [0, 0.05) is 11.9 Å². The molecule has 0 saturated heterocycles. The third-order valence-electron chi connectivity index (χ3n) is 3.79. The van der Waals surface area contributed by atoms with Crippen molar-refractivity contribution in [2.24, 2.45) is 21.5 Å². The minimum Gasteiger partial charge on any atom is -0.380 e. The maximum absolute atomic E-state index is 12.1. The molecule has 2 heterocycles. The van der Waals surface area contributed by atoms with Crippen LogP contribution in [0.15, 0.2) is 75.6 Å². The van der Waals surface area contributed by atoms with E-state index in [1.54, 1.807) is 6.07 Å². The number of halogens is 3. The Labute approximate surface area is 185 Å². The molecule has 1 aromatic carbocycles. The Morgan fingerprint density at radius 1 is 1.12 bits per heavy atom. The van der Waals surface area contributed by atoms with Gasteiger partial charge in [-0.15, -0.1) is 0 Å². The summed E-state index contributed by atoms with van der Waals surface area (Å²) in [4.78, 5) is 16.0. The molecular weight excluding hydrogens is 441 g/mol. The van der Waals surface area contributed by atoms with Gasteiger partial charge in [0.15, 0.2) is 5.84 Å². The van der Waals surface area contributed by atoms with Crippen molar-refractivity contribution in [2.45, 2.75) is 12.8 Å². The van der Waals surface area contributed by atoms with Gasteiger partial charge in [-0.05, 0) is 24.3 Å². The lowest BCUT2D eigenvalue weighted by molar-refractivity contribution is -0.176. The normalized spacial score (nSPS) is 12.6. The molecule has 3 aromatic rings. The Bertz CT molecular complexity index is 1140. The third kappa shape index (κ3) is 7.43. The fourth-order valence-electron chi connectivity index (χ4n) is 2.41. The monoisotopic (exact) mass is 460 g/mol. The summed E-state index contributed by atoms with van der Waals surface area (Å²) in [6, 6.07) is 12.2. The molecule has 0 spiro atoms. The van der Waals surface area contributed by atoms with Gasteiger partial charge in [0.05, 0.1) is 17.9 Å². The molecule has 0 amide bonds. The number of pyridine rings is 1. The SMILES string of the molecule is C=C(/N=C(N)\N=C(/N)c1noc(-c2ccc(COCC(F)(F)F)nc2)n1)Nc1ccccc1. The quantitative estimate of drug-likeness (QED) is 0.343. The number of amidine groups is 1. The number of aliphatic imine (C=N–C) groups is 2. The highest BCUT2D eigenvalue weighted by atomic mass is 19.4. The molecular formula is C20H19F3N8O2. The largest absolute Gasteiger partial charge is 0.411 e. The van der Waals surface area contributed by atoms with Crippen LogP contribution in [-0.2, 0) is 11.3 Å². The molecule has 172 valence electrons. The fourth-order valence-corrected chi connectivity index (χ4v) is 2.41. The standard InChI is InChI=1S/C20H19F3N8O2/c1-12(27-14-5-3-2-4-6-14)28-19(25)29-16(24)17-30-18(33-31-17)13-7-8-15(26-9-13)10-32-11-20(21,22)23/h2-9,27H,1,10-11H2,(H4,24,25,28,29). The number of ether oxygens (including phenoxy) is 1. The predicted octanol–water partition coefficient (Wildman–Crippen LogP) is 2.81. The first kappa shape index (κ1) is 23.4. The zero-order chi connectivity index (χ0) is 23.8. The van der Waals surface area contributed by atoms with Crippen LogP contribution < -0.4 is 16.8 Å². The summed E-state index contributed by atoms with van der Waals surface area (Å²) in [5.74, 6) is -0.0538. The molecule has 0 aliphatic carbocycles. The van der Waals surface area contributed by atoms with Crippen LogP contribution >= 0.6 is 0 Å². The van der Waals surface area contributed by atoms with Crippen molar-refractivity contribution < 1.29 is 22.4 Å². The molecule has 10 nitrogen and oxygen atoms in total. The lowest BCUT2D eigenvalue weighted by Crippen LogP contribution is -2.21. The molecule has 0 aliphatic rings. The van der Waals surface area contributed by atoms with E-state index >= 15 is 0 Å². The average Bonchev–Trinajstić information content (AvgIpc) is 3.24. The first-order valence-electron chi connectivity index (χ1n) is 9.33. The lowest BCUT2D eigenvalue weighted by atomic mass is 10.2. The second-order valence-electron chi connectivity index (χ2n) is 6.47. The molecule has 0 aliphatic heterocycles. The number of rotatable bonds is 8. The van der Waals surface area contributed by atoms with E-state index in [1.165, 1.54) is 12.3 Å². The number of benzene rings is 1. The first-order valence-corrected chi connectivity index (χ1v) is 9.33. The Hall–Kier alpha value is -4.26. The van der Waals surface area contributed by atoms with Crippen LogP contribution in [0, 0.1) is 0 Å². The number of aromatic nitrogens is 3. The van der Waals surface area contributed by atoms with Crippen LogP contribution in [0.3, 0.4) is 0 Å². The van der Waals surface area contributed by atoms with Gasteiger partial charge in [-0.25, -0.2) is 0 Å². The van der Waals surface area contributed by atoms with E-state index in [2.05, 4.69) is 41.7 Å². The number of hydrogen-bond donors (Lipinski definition) is 3. The summed E-state index contributed by atoms with van der Waals surface area (Å²) in [6.45, 7) is 2.09. The van der Waals surface area contributed by atoms with Crippen molar-refractivity contribution in [1.82, 2.24) is 15.1 Å². The van der Waals surface area contributed by atoms with Crippen LogP contribution in [0.2, 0.25) is 0 Å². The van der Waals surface area contributed by atoms with E-state index in [0.717, 1.165) is 5.69 Å². The van der Waals surface area contributed by atoms with Gasteiger partial charge in [-0.1, -0.05) is 29.9 Å². The first-order chi connectivity index (χ1) is 15.7. The molecule has 0 radical (unpaired) electrons. The van der Waals surface area contributed by atoms with Crippen molar-refractivity contribution in [1.29, 1.82) is 0 Å². The van der Waals surface area contributed by atoms with Crippen LogP contribution in [0.4, 0.5) is 18.9 Å². The van der Waals surface area contributed by atoms with Gasteiger partial charge in [0.1, 0.15) is 12.4 Å².